The molecule has 1 amide bonds. The predicted octanol–water partition coefficient (Wildman–Crippen LogP) is 3.79. The van der Waals surface area contributed by atoms with Gasteiger partial charge < -0.3 is 24.3 Å². The Balaban J connectivity index is 1.49. The number of nitrogens with one attached hydrogen (secondary N) is 1. The SMILES string of the molecule is COc1cc(OC)cc(C(=O)Nc2cc(C)nn2-c2nc3cc4c(cc3s2)OCO4)c1. The molecule has 0 saturated carbocycles. The van der Waals surface area contributed by atoms with Crippen LogP contribution in [0.1, 0.15) is 16.1 Å². The molecule has 0 radical (unpaired) electrons. The first-order chi connectivity index (χ1) is 15.0. The smallest absolute Gasteiger partial charge is 0.257 e. The highest BCUT2D eigenvalue weighted by Gasteiger charge is 2.20. The lowest BCUT2D eigenvalue weighted by Crippen LogP contribution is -2.15. The number of anilines is 1. The van der Waals surface area contributed by atoms with Crippen LogP contribution in [-0.2, 0) is 0 Å². The molecule has 0 atom stereocenters. The van der Waals surface area contributed by atoms with Crippen LogP contribution in [0.2, 0.25) is 0 Å². The lowest BCUT2D eigenvalue weighted by Gasteiger charge is -2.09. The van der Waals surface area contributed by atoms with Gasteiger partial charge >= 0.3 is 0 Å². The van der Waals surface area contributed by atoms with Gasteiger partial charge in [0.1, 0.15) is 17.3 Å². The number of ether oxygens (including phenoxy) is 4. The van der Waals surface area contributed by atoms with Crippen molar-refractivity contribution < 1.29 is 23.7 Å². The van der Waals surface area contributed by atoms with E-state index in [-0.39, 0.29) is 12.7 Å². The molecule has 4 aromatic rings. The number of thiazole rings is 1. The van der Waals surface area contributed by atoms with Gasteiger partial charge in [0.15, 0.2) is 11.5 Å². The first-order valence-electron chi connectivity index (χ1n) is 9.35. The van der Waals surface area contributed by atoms with Crippen molar-refractivity contribution in [3.05, 3.63) is 47.7 Å². The van der Waals surface area contributed by atoms with Crippen LogP contribution in [0.5, 0.6) is 23.0 Å². The third-order valence-corrected chi connectivity index (χ3v) is 5.73. The van der Waals surface area contributed by atoms with E-state index in [2.05, 4.69) is 15.4 Å². The molecule has 9 nitrogen and oxygen atoms in total. The standard InChI is InChI=1S/C21H18N4O5S/c1-11-4-19(23-20(26)12-5-13(27-2)7-14(6-12)28-3)25(24-11)21-22-15-8-16-17(30-10-29-16)9-18(15)31-21/h4-9H,10H2,1-3H3,(H,23,26). The van der Waals surface area contributed by atoms with Crippen molar-refractivity contribution in [3.63, 3.8) is 0 Å². The summed E-state index contributed by atoms with van der Waals surface area (Å²) in [6.07, 6.45) is 0. The van der Waals surface area contributed by atoms with Crippen molar-refractivity contribution in [1.82, 2.24) is 14.8 Å². The van der Waals surface area contributed by atoms with Crippen molar-refractivity contribution in [1.29, 1.82) is 0 Å². The number of hydrogen-bond acceptors (Lipinski definition) is 8. The molecule has 0 saturated heterocycles. The number of amides is 1. The van der Waals surface area contributed by atoms with Crippen LogP contribution in [0.15, 0.2) is 36.4 Å². The van der Waals surface area contributed by atoms with Crippen LogP contribution in [0.3, 0.4) is 0 Å². The number of hydrogen-bond donors (Lipinski definition) is 1. The fourth-order valence-corrected chi connectivity index (χ4v) is 4.20. The second-order valence-electron chi connectivity index (χ2n) is 6.81. The minimum Gasteiger partial charge on any atom is -0.497 e. The van der Waals surface area contributed by atoms with Crippen molar-refractivity contribution >= 4 is 33.3 Å². The maximum Gasteiger partial charge on any atom is 0.257 e. The summed E-state index contributed by atoms with van der Waals surface area (Å²) in [4.78, 5) is 17.6. The average molecular weight is 438 g/mol. The Kier molecular flexibility index (Phi) is 4.63. The minimum atomic E-state index is -0.319. The zero-order chi connectivity index (χ0) is 21.5. The highest BCUT2D eigenvalue weighted by Crippen LogP contribution is 2.39. The fourth-order valence-electron chi connectivity index (χ4n) is 3.26. The van der Waals surface area contributed by atoms with Gasteiger partial charge in [-0.2, -0.15) is 9.78 Å². The molecule has 3 heterocycles. The van der Waals surface area contributed by atoms with E-state index >= 15 is 0 Å². The topological polar surface area (TPSA) is 96.7 Å². The van der Waals surface area contributed by atoms with Crippen molar-refractivity contribution in [2.45, 2.75) is 6.92 Å². The summed E-state index contributed by atoms with van der Waals surface area (Å²) in [7, 11) is 3.07. The zero-order valence-corrected chi connectivity index (χ0v) is 17.8. The molecule has 0 spiro atoms. The van der Waals surface area contributed by atoms with E-state index in [1.807, 2.05) is 19.1 Å². The number of carbonyl (C=O) groups is 1. The van der Waals surface area contributed by atoms with Gasteiger partial charge in [0.2, 0.25) is 11.9 Å². The summed E-state index contributed by atoms with van der Waals surface area (Å²) >= 11 is 1.44. The summed E-state index contributed by atoms with van der Waals surface area (Å²) in [5, 5.41) is 8.03. The largest absolute Gasteiger partial charge is 0.497 e. The van der Waals surface area contributed by atoms with Crippen molar-refractivity contribution in [2.24, 2.45) is 0 Å². The normalized spacial score (nSPS) is 12.2. The third-order valence-electron chi connectivity index (χ3n) is 4.74. The number of fused-ring (bicyclic) bond motifs is 2. The highest BCUT2D eigenvalue weighted by atomic mass is 32.1. The highest BCUT2D eigenvalue weighted by molar-refractivity contribution is 7.20. The van der Waals surface area contributed by atoms with Crippen LogP contribution in [0.25, 0.3) is 15.3 Å². The van der Waals surface area contributed by atoms with Gasteiger partial charge in [-0.3, -0.25) is 4.79 Å². The third kappa shape index (κ3) is 3.50. The van der Waals surface area contributed by atoms with E-state index in [0.29, 0.717) is 39.5 Å². The lowest BCUT2D eigenvalue weighted by molar-refractivity contribution is 0.102. The Morgan fingerprint density at radius 3 is 2.48 bits per heavy atom. The van der Waals surface area contributed by atoms with E-state index in [4.69, 9.17) is 18.9 Å². The second-order valence-corrected chi connectivity index (χ2v) is 7.82. The van der Waals surface area contributed by atoms with E-state index in [9.17, 15) is 4.79 Å². The first-order valence-corrected chi connectivity index (χ1v) is 10.2. The number of methoxy groups -OCH3 is 2. The number of benzene rings is 2. The quantitative estimate of drug-likeness (QED) is 0.506. The molecule has 0 aliphatic carbocycles. The summed E-state index contributed by atoms with van der Waals surface area (Å²) in [6.45, 7) is 2.06. The summed E-state index contributed by atoms with van der Waals surface area (Å²) in [5.41, 5.74) is 1.91. The van der Waals surface area contributed by atoms with E-state index < -0.39 is 0 Å². The number of nitrogens with zero attached hydrogens (tertiary/aromatic N) is 3. The molecular formula is C21H18N4O5S. The lowest BCUT2D eigenvalue weighted by atomic mass is 10.2. The Hall–Kier alpha value is -3.79. The van der Waals surface area contributed by atoms with Crippen LogP contribution in [-0.4, -0.2) is 41.7 Å². The minimum absolute atomic E-state index is 0.211. The number of rotatable bonds is 5. The van der Waals surface area contributed by atoms with Crippen LogP contribution >= 0.6 is 11.3 Å². The van der Waals surface area contributed by atoms with Gasteiger partial charge in [0.25, 0.3) is 5.91 Å². The summed E-state index contributed by atoms with van der Waals surface area (Å²) < 4.78 is 23.9. The maximum absolute atomic E-state index is 12.9. The molecule has 5 rings (SSSR count). The molecule has 1 N–H and O–H groups in total. The van der Waals surface area contributed by atoms with Gasteiger partial charge in [-0.05, 0) is 19.1 Å². The van der Waals surface area contributed by atoms with Crippen molar-refractivity contribution in [3.8, 4) is 28.1 Å². The van der Waals surface area contributed by atoms with Gasteiger partial charge in [0.05, 0.1) is 30.1 Å². The Bertz CT molecular complexity index is 1250. The molecule has 158 valence electrons. The molecule has 1 aliphatic rings. The summed E-state index contributed by atoms with van der Waals surface area (Å²) in [6, 6.07) is 10.5. The van der Waals surface area contributed by atoms with Gasteiger partial charge in [-0.1, -0.05) is 11.3 Å². The Morgan fingerprint density at radius 1 is 1.06 bits per heavy atom. The molecule has 2 aromatic heterocycles. The van der Waals surface area contributed by atoms with Gasteiger partial charge in [-0.15, -0.1) is 0 Å². The molecule has 0 unspecified atom stereocenters. The zero-order valence-electron chi connectivity index (χ0n) is 17.0. The molecule has 31 heavy (non-hydrogen) atoms. The number of aromatic nitrogens is 3. The summed E-state index contributed by atoms with van der Waals surface area (Å²) in [5.74, 6) is 2.60. The number of carbonyl (C=O) groups excluding carboxylic acids is 1. The van der Waals surface area contributed by atoms with E-state index in [0.717, 1.165) is 15.9 Å². The van der Waals surface area contributed by atoms with Crippen LogP contribution < -0.4 is 24.3 Å². The number of aryl methyl sites for hydroxylation is 1. The molecule has 0 fully saturated rings. The molecule has 10 heteroatoms. The molecule has 0 bridgehead atoms. The Labute approximate surface area is 181 Å². The molecule has 1 aliphatic heterocycles. The maximum atomic E-state index is 12.9. The van der Waals surface area contributed by atoms with Crippen LogP contribution in [0.4, 0.5) is 5.82 Å². The average Bonchev–Trinajstić information content (AvgIpc) is 3.48. The Morgan fingerprint density at radius 2 is 1.77 bits per heavy atom. The predicted molar refractivity (Wildman–Crippen MR) is 115 cm³/mol. The van der Waals surface area contributed by atoms with E-state index in [1.165, 1.54) is 25.6 Å². The second kappa shape index (κ2) is 7.47. The van der Waals surface area contributed by atoms with Gasteiger partial charge in [0, 0.05) is 29.8 Å². The first kappa shape index (κ1) is 19.2. The van der Waals surface area contributed by atoms with E-state index in [1.54, 1.807) is 28.9 Å². The molecular weight excluding hydrogens is 420 g/mol. The van der Waals surface area contributed by atoms with Gasteiger partial charge in [-0.25, -0.2) is 4.98 Å². The molecule has 2 aromatic carbocycles. The van der Waals surface area contributed by atoms with Crippen molar-refractivity contribution in [2.75, 3.05) is 26.3 Å². The van der Waals surface area contributed by atoms with Crippen LogP contribution in [0, 0.1) is 6.92 Å². The monoisotopic (exact) mass is 438 g/mol. The fraction of sp³-hybridized carbons (Fsp3) is 0.190.